The highest BCUT2D eigenvalue weighted by atomic mass is 16.7. The largest absolute Gasteiger partial charge is 0.462 e. The number of aliphatic hydroxyl groups excluding tert-OH is 1. The second-order valence-corrected chi connectivity index (χ2v) is 5.71. The molecule has 6 nitrogen and oxygen atoms in total. The summed E-state index contributed by atoms with van der Waals surface area (Å²) in [5.74, 6) is -2.91. The van der Waals surface area contributed by atoms with Crippen LogP contribution in [0.15, 0.2) is 0 Å². The summed E-state index contributed by atoms with van der Waals surface area (Å²) in [5, 5.41) is 20.6. The van der Waals surface area contributed by atoms with Gasteiger partial charge in [-0.1, -0.05) is 19.8 Å². The number of esters is 1. The van der Waals surface area contributed by atoms with Crippen molar-refractivity contribution in [2.75, 3.05) is 13.2 Å². The van der Waals surface area contributed by atoms with E-state index in [0.29, 0.717) is 6.42 Å². The van der Waals surface area contributed by atoms with Gasteiger partial charge in [0.15, 0.2) is 5.79 Å². The molecule has 0 aromatic carbocycles. The van der Waals surface area contributed by atoms with E-state index in [4.69, 9.17) is 14.2 Å². The third-order valence-corrected chi connectivity index (χ3v) is 4.44. The highest BCUT2D eigenvalue weighted by molar-refractivity contribution is 5.78. The van der Waals surface area contributed by atoms with Crippen molar-refractivity contribution in [2.45, 2.75) is 56.2 Å². The van der Waals surface area contributed by atoms with Gasteiger partial charge in [-0.25, -0.2) is 0 Å². The number of hydrogen-bond donors (Lipinski definition) is 2. The Balaban J connectivity index is 1.86. The molecule has 108 valence electrons. The molecule has 2 N–H and O–H groups in total. The highest BCUT2D eigenvalue weighted by Crippen LogP contribution is 2.54. The summed E-state index contributed by atoms with van der Waals surface area (Å²) in [6.07, 6.45) is 1.57. The number of carbonyl (C=O) groups is 1. The summed E-state index contributed by atoms with van der Waals surface area (Å²) in [6, 6.07) is 0. The Labute approximate surface area is 111 Å². The quantitative estimate of drug-likeness (QED) is 0.551. The van der Waals surface area contributed by atoms with Crippen LogP contribution in [0.3, 0.4) is 0 Å². The molecule has 0 unspecified atom stereocenters. The van der Waals surface area contributed by atoms with Gasteiger partial charge in [-0.15, -0.1) is 0 Å². The Morgan fingerprint density at radius 3 is 2.95 bits per heavy atom. The molecule has 3 heterocycles. The molecule has 0 aromatic heterocycles. The summed E-state index contributed by atoms with van der Waals surface area (Å²) >= 11 is 0. The highest BCUT2D eigenvalue weighted by Gasteiger charge is 2.75. The van der Waals surface area contributed by atoms with Crippen molar-refractivity contribution in [1.29, 1.82) is 0 Å². The Morgan fingerprint density at radius 1 is 1.42 bits per heavy atom. The minimum atomic E-state index is -1.57. The van der Waals surface area contributed by atoms with Crippen LogP contribution in [0.1, 0.15) is 32.6 Å². The number of unbranched alkanes of at least 4 members (excludes halogenated alkanes) is 2. The smallest absolute Gasteiger partial charge is 0.317 e. The first-order valence-corrected chi connectivity index (χ1v) is 6.92. The second kappa shape index (κ2) is 4.41. The first-order chi connectivity index (χ1) is 9.03. The van der Waals surface area contributed by atoms with Gasteiger partial charge in [0, 0.05) is 6.42 Å². The lowest BCUT2D eigenvalue weighted by Crippen LogP contribution is -2.47. The summed E-state index contributed by atoms with van der Waals surface area (Å²) in [5.41, 5.74) is -1.00. The molecule has 6 heteroatoms. The summed E-state index contributed by atoms with van der Waals surface area (Å²) in [6.45, 7) is 2.23. The standard InChI is InChI=1S/C13H20O6/c1-2-3-4-5-13(16)9-11(15)17-7-12(9)10(19-13)8(14)6-18-12/h8-10,14,16H,2-7H2,1H3/t8-,9-,10+,12+,13-/m1/s1. The number of carbonyl (C=O) groups excluding carboxylic acids is 1. The predicted octanol–water partition coefficient (Wildman–Crippen LogP) is -0.0430. The molecule has 1 spiro atoms. The molecular weight excluding hydrogens is 252 g/mol. The third kappa shape index (κ3) is 1.74. The van der Waals surface area contributed by atoms with Gasteiger partial charge >= 0.3 is 5.97 Å². The molecule has 0 saturated carbocycles. The SMILES string of the molecule is CCCCC[C@@]1(O)O[C@H]2[C@H](O)CO[C@]23COC(=O)[C@H]31. The van der Waals surface area contributed by atoms with Gasteiger partial charge in [0.25, 0.3) is 0 Å². The van der Waals surface area contributed by atoms with Crippen LogP contribution >= 0.6 is 0 Å². The molecular formula is C13H20O6. The molecule has 0 amide bonds. The van der Waals surface area contributed by atoms with Gasteiger partial charge in [-0.2, -0.15) is 0 Å². The van der Waals surface area contributed by atoms with Crippen molar-refractivity contribution in [2.24, 2.45) is 5.92 Å². The van der Waals surface area contributed by atoms with Crippen LogP contribution in [0.5, 0.6) is 0 Å². The zero-order valence-corrected chi connectivity index (χ0v) is 11.0. The van der Waals surface area contributed by atoms with Crippen LogP contribution in [0.2, 0.25) is 0 Å². The van der Waals surface area contributed by atoms with E-state index in [2.05, 4.69) is 6.92 Å². The molecule has 19 heavy (non-hydrogen) atoms. The lowest BCUT2D eigenvalue weighted by molar-refractivity contribution is -0.231. The molecule has 0 radical (unpaired) electrons. The Kier molecular flexibility index (Phi) is 3.09. The van der Waals surface area contributed by atoms with Gasteiger partial charge in [0.2, 0.25) is 0 Å². The first-order valence-electron chi connectivity index (χ1n) is 6.92. The van der Waals surface area contributed by atoms with Crippen molar-refractivity contribution < 1.29 is 29.2 Å². The lowest BCUT2D eigenvalue weighted by atomic mass is 9.81. The van der Waals surface area contributed by atoms with E-state index < -0.39 is 35.5 Å². The molecule has 3 aliphatic rings. The van der Waals surface area contributed by atoms with Gasteiger partial charge < -0.3 is 24.4 Å². The van der Waals surface area contributed by atoms with Crippen LogP contribution in [0.25, 0.3) is 0 Å². The third-order valence-electron chi connectivity index (χ3n) is 4.44. The summed E-state index contributed by atoms with van der Waals surface area (Å²) in [4.78, 5) is 11.9. The van der Waals surface area contributed by atoms with Gasteiger partial charge in [0.05, 0.1) is 6.61 Å². The second-order valence-electron chi connectivity index (χ2n) is 5.71. The number of rotatable bonds is 4. The van der Waals surface area contributed by atoms with Gasteiger partial charge in [-0.05, 0) is 6.42 Å². The fourth-order valence-electron chi connectivity index (χ4n) is 3.52. The van der Waals surface area contributed by atoms with Crippen LogP contribution < -0.4 is 0 Å². The monoisotopic (exact) mass is 272 g/mol. The van der Waals surface area contributed by atoms with Crippen molar-refractivity contribution in [3.63, 3.8) is 0 Å². The minimum absolute atomic E-state index is 0.0499. The molecule has 5 atom stereocenters. The van der Waals surface area contributed by atoms with E-state index in [-0.39, 0.29) is 13.2 Å². The minimum Gasteiger partial charge on any atom is -0.462 e. The van der Waals surface area contributed by atoms with E-state index in [9.17, 15) is 15.0 Å². The fraction of sp³-hybridized carbons (Fsp3) is 0.923. The maximum atomic E-state index is 11.9. The summed E-state index contributed by atoms with van der Waals surface area (Å²) in [7, 11) is 0. The Morgan fingerprint density at radius 2 is 2.21 bits per heavy atom. The Bertz CT molecular complexity index is 385. The molecule has 3 aliphatic heterocycles. The van der Waals surface area contributed by atoms with E-state index in [1.807, 2.05) is 0 Å². The Hall–Kier alpha value is -0.690. The van der Waals surface area contributed by atoms with Crippen molar-refractivity contribution in [1.82, 2.24) is 0 Å². The maximum absolute atomic E-state index is 11.9. The topological polar surface area (TPSA) is 85.2 Å². The van der Waals surface area contributed by atoms with E-state index in [1.165, 1.54) is 0 Å². The van der Waals surface area contributed by atoms with Crippen molar-refractivity contribution >= 4 is 5.97 Å². The van der Waals surface area contributed by atoms with Crippen LogP contribution in [0, 0.1) is 5.92 Å². The van der Waals surface area contributed by atoms with E-state index in [0.717, 1.165) is 19.3 Å². The van der Waals surface area contributed by atoms with Crippen LogP contribution in [0.4, 0.5) is 0 Å². The van der Waals surface area contributed by atoms with Crippen LogP contribution in [-0.4, -0.2) is 53.0 Å². The lowest BCUT2D eigenvalue weighted by Gasteiger charge is -2.28. The molecule has 0 bridgehead atoms. The van der Waals surface area contributed by atoms with E-state index >= 15 is 0 Å². The van der Waals surface area contributed by atoms with Crippen molar-refractivity contribution in [3.8, 4) is 0 Å². The van der Waals surface area contributed by atoms with Gasteiger partial charge in [-0.3, -0.25) is 4.79 Å². The number of ether oxygens (including phenoxy) is 3. The number of hydrogen-bond acceptors (Lipinski definition) is 6. The predicted molar refractivity (Wildman–Crippen MR) is 63.1 cm³/mol. The zero-order valence-electron chi connectivity index (χ0n) is 11.0. The molecule has 0 aliphatic carbocycles. The van der Waals surface area contributed by atoms with E-state index in [1.54, 1.807) is 0 Å². The molecule has 3 fully saturated rings. The summed E-state index contributed by atoms with van der Waals surface area (Å²) < 4.78 is 16.3. The van der Waals surface area contributed by atoms with Gasteiger partial charge in [0.1, 0.15) is 30.3 Å². The zero-order chi connectivity index (χ0) is 13.7. The maximum Gasteiger partial charge on any atom is 0.317 e. The van der Waals surface area contributed by atoms with Crippen molar-refractivity contribution in [3.05, 3.63) is 0 Å². The molecule has 3 rings (SSSR count). The average molecular weight is 272 g/mol. The van der Waals surface area contributed by atoms with Crippen LogP contribution in [-0.2, 0) is 19.0 Å². The average Bonchev–Trinajstić information content (AvgIpc) is 2.94. The first kappa shape index (κ1) is 13.3. The normalized spacial score (nSPS) is 48.2. The fourth-order valence-corrected chi connectivity index (χ4v) is 3.52. The number of aliphatic hydroxyl groups is 2. The molecule has 0 aromatic rings. The molecule has 3 saturated heterocycles. The number of cyclic esters (lactones) is 1.